The largest absolute Gasteiger partial charge is 0.452 e. The predicted octanol–water partition coefficient (Wildman–Crippen LogP) is 1.97. The summed E-state index contributed by atoms with van der Waals surface area (Å²) in [4.78, 5) is 44.0. The van der Waals surface area contributed by atoms with Crippen LogP contribution in [0.15, 0.2) is 47.3 Å². The van der Waals surface area contributed by atoms with Crippen LogP contribution in [0.2, 0.25) is 0 Å². The molecule has 0 saturated carbocycles. The van der Waals surface area contributed by atoms with Crippen molar-refractivity contribution in [2.75, 3.05) is 43.1 Å². The van der Waals surface area contributed by atoms with Crippen LogP contribution >= 0.6 is 0 Å². The van der Waals surface area contributed by atoms with Gasteiger partial charge in [0.05, 0.1) is 29.7 Å². The summed E-state index contributed by atoms with van der Waals surface area (Å²) < 4.78 is 12.2. The summed E-state index contributed by atoms with van der Waals surface area (Å²) in [5.41, 5.74) is 2.31. The second-order valence-corrected chi connectivity index (χ2v) is 8.09. The maximum atomic E-state index is 12.5. The Labute approximate surface area is 189 Å². The molecule has 5 rings (SSSR count). The molecule has 1 amide bonds. The Hall–Kier alpha value is -3.72. The fraction of sp³-hybridized carbons (Fsp3) is 0.333. The van der Waals surface area contributed by atoms with Crippen molar-refractivity contribution < 1.29 is 19.1 Å². The molecule has 3 aromatic rings. The predicted molar refractivity (Wildman–Crippen MR) is 123 cm³/mol. The van der Waals surface area contributed by atoms with Gasteiger partial charge in [0.15, 0.2) is 6.61 Å². The number of morpholine rings is 1. The lowest BCUT2D eigenvalue weighted by Gasteiger charge is -2.28. The zero-order chi connectivity index (χ0) is 22.8. The van der Waals surface area contributed by atoms with Crippen LogP contribution in [0, 0.1) is 0 Å². The summed E-state index contributed by atoms with van der Waals surface area (Å²) in [6.07, 6.45) is 1.63. The Morgan fingerprint density at radius 3 is 2.64 bits per heavy atom. The summed E-state index contributed by atoms with van der Waals surface area (Å²) in [5.74, 6) is -0.341. The number of amides is 1. The zero-order valence-corrected chi connectivity index (χ0v) is 18.1. The molecule has 9 nitrogen and oxygen atoms in total. The van der Waals surface area contributed by atoms with Crippen LogP contribution in [-0.2, 0) is 27.2 Å². The first-order valence-electron chi connectivity index (χ1n) is 11.0. The molecule has 33 heavy (non-hydrogen) atoms. The molecular formula is C24H24N4O5. The number of esters is 1. The third-order valence-electron chi connectivity index (χ3n) is 5.91. The van der Waals surface area contributed by atoms with E-state index in [4.69, 9.17) is 9.47 Å². The molecule has 2 aliphatic heterocycles. The molecular weight excluding hydrogens is 424 g/mol. The van der Waals surface area contributed by atoms with Gasteiger partial charge in [-0.1, -0.05) is 0 Å². The number of aryl methyl sites for hydroxylation is 1. The van der Waals surface area contributed by atoms with Gasteiger partial charge in [-0.05, 0) is 48.9 Å². The Balaban J connectivity index is 1.19. The molecule has 170 valence electrons. The molecule has 0 bridgehead atoms. The molecule has 2 aromatic carbocycles. The van der Waals surface area contributed by atoms with Crippen LogP contribution in [0.25, 0.3) is 10.9 Å². The number of hydrogen-bond donors (Lipinski definition) is 1. The van der Waals surface area contributed by atoms with Gasteiger partial charge in [0, 0.05) is 37.4 Å². The Morgan fingerprint density at radius 2 is 1.85 bits per heavy atom. The Kier molecular flexibility index (Phi) is 5.78. The Morgan fingerprint density at radius 1 is 1.06 bits per heavy atom. The molecule has 3 heterocycles. The van der Waals surface area contributed by atoms with Crippen LogP contribution in [0.4, 0.5) is 11.4 Å². The van der Waals surface area contributed by atoms with Crippen molar-refractivity contribution in [3.05, 3.63) is 64.2 Å². The second-order valence-electron chi connectivity index (χ2n) is 8.09. The van der Waals surface area contributed by atoms with E-state index in [1.54, 1.807) is 16.7 Å². The molecule has 1 aromatic heterocycles. The molecule has 1 N–H and O–H groups in total. The fourth-order valence-electron chi connectivity index (χ4n) is 4.20. The third-order valence-corrected chi connectivity index (χ3v) is 5.91. The average Bonchev–Trinajstić information content (AvgIpc) is 3.32. The number of carbonyl (C=O) groups excluding carboxylic acids is 2. The van der Waals surface area contributed by atoms with E-state index < -0.39 is 18.5 Å². The van der Waals surface area contributed by atoms with Crippen LogP contribution in [0.3, 0.4) is 0 Å². The highest BCUT2D eigenvalue weighted by atomic mass is 16.5. The van der Waals surface area contributed by atoms with Gasteiger partial charge in [-0.25, -0.2) is 9.78 Å². The van der Waals surface area contributed by atoms with Crippen LogP contribution < -0.4 is 15.8 Å². The maximum Gasteiger partial charge on any atom is 0.338 e. The third kappa shape index (κ3) is 4.45. The van der Waals surface area contributed by atoms with E-state index >= 15 is 0 Å². The van der Waals surface area contributed by atoms with E-state index in [1.165, 1.54) is 6.07 Å². The highest BCUT2D eigenvalue weighted by Crippen LogP contribution is 2.19. The smallest absolute Gasteiger partial charge is 0.338 e. The molecule has 0 radical (unpaired) electrons. The van der Waals surface area contributed by atoms with Gasteiger partial charge in [-0.15, -0.1) is 0 Å². The zero-order valence-electron chi connectivity index (χ0n) is 18.1. The number of carbonyl (C=O) groups is 2. The lowest BCUT2D eigenvalue weighted by molar-refractivity contribution is -0.119. The second kappa shape index (κ2) is 9.03. The van der Waals surface area contributed by atoms with Crippen LogP contribution in [0.5, 0.6) is 0 Å². The molecule has 1 fully saturated rings. The fourth-order valence-corrected chi connectivity index (χ4v) is 4.20. The molecule has 9 heteroatoms. The minimum atomic E-state index is -0.642. The van der Waals surface area contributed by atoms with Crippen LogP contribution in [-0.4, -0.2) is 54.3 Å². The van der Waals surface area contributed by atoms with Crippen molar-refractivity contribution in [2.45, 2.75) is 19.4 Å². The van der Waals surface area contributed by atoms with Crippen molar-refractivity contribution in [1.82, 2.24) is 9.55 Å². The molecule has 0 unspecified atom stereocenters. The van der Waals surface area contributed by atoms with E-state index in [9.17, 15) is 14.4 Å². The van der Waals surface area contributed by atoms with Gasteiger partial charge in [0.2, 0.25) is 0 Å². The van der Waals surface area contributed by atoms with E-state index in [0.717, 1.165) is 37.4 Å². The van der Waals surface area contributed by atoms with Gasteiger partial charge < -0.3 is 19.7 Å². The number of aromatic nitrogens is 2. The first kappa shape index (κ1) is 21.1. The summed E-state index contributed by atoms with van der Waals surface area (Å²) in [7, 11) is 0. The quantitative estimate of drug-likeness (QED) is 0.596. The number of benzene rings is 2. The minimum absolute atomic E-state index is 0.0913. The summed E-state index contributed by atoms with van der Waals surface area (Å²) in [6, 6.07) is 12.2. The van der Waals surface area contributed by atoms with Gasteiger partial charge in [0.25, 0.3) is 11.5 Å². The summed E-state index contributed by atoms with van der Waals surface area (Å²) >= 11 is 0. The minimum Gasteiger partial charge on any atom is -0.452 e. The molecule has 2 aliphatic rings. The SMILES string of the molecule is O=C(COC(=O)c1ccc2c(=O)n3c(nc2c1)CCC3)Nc1ccc(N2CCOCC2)cc1. The molecule has 1 saturated heterocycles. The standard InChI is InChI=1S/C24H24N4O5/c29-22(25-17-4-6-18(7-5-17)27-10-12-32-13-11-27)15-33-24(31)16-3-8-19-20(14-16)26-21-2-1-9-28(21)23(19)30/h3-8,14H,1-2,9-13,15H2,(H,25,29). The number of rotatable bonds is 5. The van der Waals surface area contributed by atoms with E-state index in [2.05, 4.69) is 15.2 Å². The molecule has 0 spiro atoms. The number of nitrogens with one attached hydrogen (secondary N) is 1. The van der Waals surface area contributed by atoms with Gasteiger partial charge in [-0.2, -0.15) is 0 Å². The average molecular weight is 448 g/mol. The Bertz CT molecular complexity index is 1260. The van der Waals surface area contributed by atoms with Crippen molar-refractivity contribution >= 4 is 34.2 Å². The highest BCUT2D eigenvalue weighted by Gasteiger charge is 2.18. The van der Waals surface area contributed by atoms with E-state index in [-0.39, 0.29) is 11.1 Å². The van der Waals surface area contributed by atoms with Crippen molar-refractivity contribution in [3.8, 4) is 0 Å². The first-order chi connectivity index (χ1) is 16.1. The number of ether oxygens (including phenoxy) is 2. The van der Waals surface area contributed by atoms with E-state index in [0.29, 0.717) is 36.3 Å². The van der Waals surface area contributed by atoms with Gasteiger partial charge >= 0.3 is 5.97 Å². The first-order valence-corrected chi connectivity index (χ1v) is 11.0. The van der Waals surface area contributed by atoms with Crippen molar-refractivity contribution in [3.63, 3.8) is 0 Å². The van der Waals surface area contributed by atoms with E-state index in [1.807, 2.05) is 24.3 Å². The lowest BCUT2D eigenvalue weighted by atomic mass is 10.1. The van der Waals surface area contributed by atoms with Gasteiger partial charge in [-0.3, -0.25) is 14.2 Å². The number of anilines is 2. The number of nitrogens with zero attached hydrogens (tertiary/aromatic N) is 3. The van der Waals surface area contributed by atoms with Crippen molar-refractivity contribution in [1.29, 1.82) is 0 Å². The highest BCUT2D eigenvalue weighted by molar-refractivity contribution is 5.97. The van der Waals surface area contributed by atoms with Gasteiger partial charge in [0.1, 0.15) is 5.82 Å². The summed E-state index contributed by atoms with van der Waals surface area (Å²) in [5, 5.41) is 3.20. The molecule has 0 atom stereocenters. The normalized spacial score (nSPS) is 15.3. The van der Waals surface area contributed by atoms with Crippen molar-refractivity contribution in [2.24, 2.45) is 0 Å². The monoisotopic (exact) mass is 448 g/mol. The number of hydrogen-bond acceptors (Lipinski definition) is 7. The topological polar surface area (TPSA) is 103 Å². The molecule has 0 aliphatic carbocycles. The lowest BCUT2D eigenvalue weighted by Crippen LogP contribution is -2.36. The van der Waals surface area contributed by atoms with Crippen LogP contribution in [0.1, 0.15) is 22.6 Å². The number of fused-ring (bicyclic) bond motifs is 2. The summed E-state index contributed by atoms with van der Waals surface area (Å²) in [6.45, 7) is 3.34. The maximum absolute atomic E-state index is 12.5.